The second-order valence-corrected chi connectivity index (χ2v) is 8.28. The molecule has 4 rings (SSSR count). The SMILES string of the molecule is [99Tc].[O-]c1c(I)cc(Cl)c2cccnc12.[O-]c1c(I)cc(Cl)c2cccnc12. The Hall–Kier alpha value is -0.451. The number of nitrogens with zero attached hydrogens (tertiary/aromatic N) is 2. The van der Waals surface area contributed by atoms with Gasteiger partial charge in [0, 0.05) is 50.4 Å². The van der Waals surface area contributed by atoms with Gasteiger partial charge in [-0.3, -0.25) is 9.97 Å². The fourth-order valence-electron chi connectivity index (χ4n) is 2.29. The Balaban J connectivity index is 0.000000187. The minimum Gasteiger partial charge on any atom is -0.870 e. The van der Waals surface area contributed by atoms with Gasteiger partial charge in [-0.15, -0.1) is 0 Å². The van der Waals surface area contributed by atoms with E-state index in [-0.39, 0.29) is 31.6 Å². The predicted molar refractivity (Wildman–Crippen MR) is 118 cm³/mol. The molecule has 0 saturated heterocycles. The molecule has 0 bridgehead atoms. The van der Waals surface area contributed by atoms with Crippen LogP contribution >= 0.6 is 68.4 Å². The van der Waals surface area contributed by atoms with Crippen molar-refractivity contribution in [1.82, 2.24) is 9.97 Å². The van der Waals surface area contributed by atoms with Gasteiger partial charge in [0.25, 0.3) is 0 Å². The molecule has 0 spiro atoms. The first-order valence-corrected chi connectivity index (χ1v) is 10.1. The van der Waals surface area contributed by atoms with Gasteiger partial charge in [-0.1, -0.05) is 34.7 Å². The second kappa shape index (κ2) is 9.84. The number of benzene rings is 2. The topological polar surface area (TPSA) is 71.9 Å². The average Bonchev–Trinajstić information content (AvgIpc) is 2.65. The minimum atomic E-state index is -0.0550. The zero-order valence-electron chi connectivity index (χ0n) is 13.2. The fraction of sp³-hybridized carbons (Fsp3) is 0. The van der Waals surface area contributed by atoms with Crippen LogP contribution < -0.4 is 10.2 Å². The number of aromatic nitrogens is 2. The summed E-state index contributed by atoms with van der Waals surface area (Å²) < 4.78 is 1.21. The molecule has 0 saturated carbocycles. The maximum Gasteiger partial charge on any atom is 0.0649 e. The van der Waals surface area contributed by atoms with Crippen LogP contribution in [0, 0.1) is 7.14 Å². The van der Waals surface area contributed by atoms with Gasteiger partial charge < -0.3 is 10.2 Å². The number of hydrogen-bond acceptors (Lipinski definition) is 4. The number of halogens is 4. The van der Waals surface area contributed by atoms with E-state index < -0.39 is 0 Å². The van der Waals surface area contributed by atoms with Gasteiger partial charge in [0.1, 0.15) is 0 Å². The van der Waals surface area contributed by atoms with Crippen molar-refractivity contribution in [2.75, 3.05) is 0 Å². The van der Waals surface area contributed by atoms with Crippen LogP contribution in [0.1, 0.15) is 0 Å². The first-order valence-electron chi connectivity index (χ1n) is 7.19. The van der Waals surface area contributed by atoms with Gasteiger partial charge in [-0.2, -0.15) is 0 Å². The quantitative estimate of drug-likeness (QED) is 0.238. The van der Waals surface area contributed by atoms with Crippen molar-refractivity contribution >= 4 is 90.2 Å². The third-order valence-corrected chi connectivity index (χ3v) is 5.73. The Morgan fingerprint density at radius 3 is 1.48 bits per heavy atom. The van der Waals surface area contributed by atoms with Crippen molar-refractivity contribution in [2.45, 2.75) is 0 Å². The molecule has 0 amide bonds. The Bertz CT molecular complexity index is 1040. The summed E-state index contributed by atoms with van der Waals surface area (Å²) in [5.41, 5.74) is 0.888. The molecule has 0 unspecified atom stereocenters. The van der Waals surface area contributed by atoms with Gasteiger partial charge in [0.15, 0.2) is 0 Å². The van der Waals surface area contributed by atoms with Crippen LogP contribution in [0.25, 0.3) is 21.8 Å². The number of fused-ring (bicyclic) bond motifs is 2. The molecule has 2 aromatic heterocycles. The van der Waals surface area contributed by atoms with Crippen LogP contribution in [0.2, 0.25) is 10.0 Å². The van der Waals surface area contributed by atoms with Crippen LogP contribution in [-0.2, 0) is 20.1 Å². The van der Waals surface area contributed by atoms with Gasteiger partial charge in [0.2, 0.25) is 0 Å². The molecule has 0 N–H and O–H groups in total. The number of hydrogen-bond donors (Lipinski definition) is 0. The molecule has 4 nitrogen and oxygen atoms in total. The summed E-state index contributed by atoms with van der Waals surface area (Å²) >= 11 is 15.8. The molecule has 9 heteroatoms. The summed E-state index contributed by atoms with van der Waals surface area (Å²) in [6, 6.07) is 10.4. The Morgan fingerprint density at radius 2 is 1.11 bits per heavy atom. The summed E-state index contributed by atoms with van der Waals surface area (Å²) in [7, 11) is 0. The first-order chi connectivity index (χ1) is 12.4. The zero-order chi connectivity index (χ0) is 18.8. The van der Waals surface area contributed by atoms with Gasteiger partial charge in [-0.25, -0.2) is 0 Å². The average molecular weight is 708 g/mol. The van der Waals surface area contributed by atoms with Crippen molar-refractivity contribution in [3.8, 4) is 11.5 Å². The molecule has 0 aliphatic rings. The maximum absolute atomic E-state index is 11.6. The Labute approximate surface area is 205 Å². The van der Waals surface area contributed by atoms with Crippen LogP contribution in [0.5, 0.6) is 11.5 Å². The van der Waals surface area contributed by atoms with Crippen molar-refractivity contribution < 1.29 is 30.3 Å². The number of pyridine rings is 2. The van der Waals surface area contributed by atoms with Crippen molar-refractivity contribution in [3.63, 3.8) is 0 Å². The Morgan fingerprint density at radius 1 is 0.741 bits per heavy atom. The van der Waals surface area contributed by atoms with Crippen LogP contribution in [0.15, 0.2) is 48.8 Å². The van der Waals surface area contributed by atoms with Gasteiger partial charge >= 0.3 is 0 Å². The summed E-state index contributed by atoms with van der Waals surface area (Å²) in [5.74, 6) is -0.110. The Kier molecular flexibility index (Phi) is 8.33. The predicted octanol–water partition coefficient (Wildman–Crippen LogP) is 5.13. The summed E-state index contributed by atoms with van der Waals surface area (Å²) in [6.07, 6.45) is 3.19. The summed E-state index contributed by atoms with van der Waals surface area (Å²) in [5, 5.41) is 25.7. The normalized spacial score (nSPS) is 10.2. The zero-order valence-corrected chi connectivity index (χ0v) is 20.9. The van der Waals surface area contributed by atoms with E-state index in [0.29, 0.717) is 28.2 Å². The molecule has 4 aromatic rings. The van der Waals surface area contributed by atoms with Crippen LogP contribution in [0.4, 0.5) is 0 Å². The smallest absolute Gasteiger partial charge is 0.0649 e. The van der Waals surface area contributed by atoms with E-state index in [9.17, 15) is 10.2 Å². The van der Waals surface area contributed by atoms with E-state index >= 15 is 0 Å². The second-order valence-electron chi connectivity index (χ2n) is 5.14. The van der Waals surface area contributed by atoms with Gasteiger partial charge in [-0.05, 0) is 81.6 Å². The monoisotopic (exact) mass is 707 g/mol. The van der Waals surface area contributed by atoms with Crippen molar-refractivity contribution in [3.05, 3.63) is 66.0 Å². The maximum atomic E-state index is 11.6. The molecule has 0 aliphatic heterocycles. The fourth-order valence-corrected chi connectivity index (χ4v) is 4.32. The first kappa shape index (κ1) is 22.8. The third kappa shape index (κ3) is 4.94. The molecule has 2 aromatic carbocycles. The van der Waals surface area contributed by atoms with E-state index in [4.69, 9.17) is 23.2 Å². The molecule has 0 aliphatic carbocycles. The number of rotatable bonds is 0. The summed E-state index contributed by atoms with van der Waals surface area (Å²) in [4.78, 5) is 8.00. The van der Waals surface area contributed by atoms with Gasteiger partial charge in [0.05, 0.1) is 21.1 Å². The van der Waals surface area contributed by atoms with Crippen molar-refractivity contribution in [2.24, 2.45) is 0 Å². The van der Waals surface area contributed by atoms with Crippen LogP contribution in [0.3, 0.4) is 0 Å². The molecule has 1 radical (unpaired) electrons. The molecular weight excluding hydrogens is 700 g/mol. The largest absolute Gasteiger partial charge is 0.870 e. The van der Waals surface area contributed by atoms with Crippen molar-refractivity contribution in [1.29, 1.82) is 0 Å². The van der Waals surface area contributed by atoms with E-state index in [1.165, 1.54) is 0 Å². The summed E-state index contributed by atoms with van der Waals surface area (Å²) in [6.45, 7) is 0. The van der Waals surface area contributed by atoms with Crippen LogP contribution in [-0.4, -0.2) is 9.97 Å². The molecule has 139 valence electrons. The molecular formula is C18H8Cl2I2N2O2Tc-2. The van der Waals surface area contributed by atoms with E-state index in [0.717, 1.165) is 10.8 Å². The van der Waals surface area contributed by atoms with E-state index in [2.05, 4.69) is 9.97 Å². The standard InChI is InChI=1S/2C9H5ClINO.Tc/c2*10-6-4-7(11)9(13)8-5(6)2-1-3-12-8;/h2*1-4,13H;/p-2/i;;1+1. The van der Waals surface area contributed by atoms with E-state index in [1.807, 2.05) is 45.2 Å². The third-order valence-electron chi connectivity index (χ3n) is 3.50. The molecule has 0 atom stereocenters. The molecule has 2 heterocycles. The molecule has 27 heavy (non-hydrogen) atoms. The minimum absolute atomic E-state index is 0. The van der Waals surface area contributed by atoms with E-state index in [1.54, 1.807) is 48.8 Å². The molecule has 0 fully saturated rings.